The molecule has 1 unspecified atom stereocenters. The Bertz CT molecular complexity index is 780. The van der Waals surface area contributed by atoms with E-state index in [9.17, 15) is 0 Å². The number of ether oxygens (including phenoxy) is 1. The third-order valence-electron chi connectivity index (χ3n) is 5.76. The predicted molar refractivity (Wildman–Crippen MR) is 120 cm³/mol. The zero-order chi connectivity index (χ0) is 21.2. The molecule has 0 spiro atoms. The van der Waals surface area contributed by atoms with Crippen LogP contribution in [0, 0.1) is 6.92 Å². The summed E-state index contributed by atoms with van der Waals surface area (Å²) in [6.45, 7) is 5.97. The average Bonchev–Trinajstić information content (AvgIpc) is 2.95. The molecule has 1 saturated carbocycles. The van der Waals surface area contributed by atoms with Gasteiger partial charge in [-0.25, -0.2) is 4.99 Å². The van der Waals surface area contributed by atoms with Gasteiger partial charge in [0.15, 0.2) is 11.8 Å². The van der Waals surface area contributed by atoms with Gasteiger partial charge in [-0.3, -0.25) is 0 Å². The number of hydrogen-bond acceptors (Lipinski definition) is 4. The molecular formula is C23H36N6O. The van der Waals surface area contributed by atoms with E-state index in [0.717, 1.165) is 24.2 Å². The number of aliphatic imine (C=N–C) groups is 1. The lowest BCUT2D eigenvalue weighted by Gasteiger charge is -2.20. The minimum absolute atomic E-state index is 0.140. The van der Waals surface area contributed by atoms with Gasteiger partial charge >= 0.3 is 0 Å². The first-order valence-electron chi connectivity index (χ1n) is 11.2. The summed E-state index contributed by atoms with van der Waals surface area (Å²) >= 11 is 0. The van der Waals surface area contributed by atoms with Gasteiger partial charge in [0.1, 0.15) is 12.4 Å². The largest absolute Gasteiger partial charge is 0.376 e. The Morgan fingerprint density at radius 2 is 1.90 bits per heavy atom. The number of hydrogen-bond donors (Lipinski definition) is 2. The summed E-state index contributed by atoms with van der Waals surface area (Å²) in [7, 11) is 1.97. The van der Waals surface area contributed by atoms with Crippen LogP contribution in [0.4, 0.5) is 0 Å². The maximum absolute atomic E-state index is 6.12. The molecule has 7 heteroatoms. The third-order valence-corrected chi connectivity index (χ3v) is 5.76. The fraction of sp³-hybridized carbons (Fsp3) is 0.609. The van der Waals surface area contributed by atoms with Crippen LogP contribution in [0.5, 0.6) is 0 Å². The van der Waals surface area contributed by atoms with Crippen molar-refractivity contribution in [1.82, 2.24) is 25.4 Å². The van der Waals surface area contributed by atoms with Crippen molar-refractivity contribution < 1.29 is 4.74 Å². The zero-order valence-electron chi connectivity index (χ0n) is 18.6. The number of aromatic nitrogens is 3. The molecule has 7 nitrogen and oxygen atoms in total. The number of rotatable bonds is 8. The normalized spacial score (nSPS) is 16.8. The highest BCUT2D eigenvalue weighted by molar-refractivity contribution is 5.80. The van der Waals surface area contributed by atoms with Gasteiger partial charge in [0.25, 0.3) is 0 Å². The summed E-state index contributed by atoms with van der Waals surface area (Å²) in [5, 5.41) is 15.3. The Labute approximate surface area is 180 Å². The van der Waals surface area contributed by atoms with Crippen molar-refractivity contribution in [3.8, 4) is 0 Å². The molecule has 0 saturated heterocycles. The quantitative estimate of drug-likeness (QED) is 0.299. The predicted octanol–water partition coefficient (Wildman–Crippen LogP) is 3.66. The molecule has 1 aliphatic rings. The van der Waals surface area contributed by atoms with E-state index >= 15 is 0 Å². The molecule has 1 aromatic carbocycles. The standard InChI is InChI=1S/C23H36N6O/c1-18(20-11-7-6-8-12-20)26-23(25-17-22-28-27-19(2)29(22)3)24-15-16-30-21-13-9-4-5-10-14-21/h6-8,11-12,18,21H,4-5,9-10,13-17H2,1-3H3,(H2,24,25,26). The number of aryl methyl sites for hydroxylation is 1. The highest BCUT2D eigenvalue weighted by atomic mass is 16.5. The molecule has 1 atom stereocenters. The summed E-state index contributed by atoms with van der Waals surface area (Å²) in [5.74, 6) is 2.49. The lowest BCUT2D eigenvalue weighted by Crippen LogP contribution is -2.40. The topological polar surface area (TPSA) is 76.4 Å². The van der Waals surface area contributed by atoms with Gasteiger partial charge in [-0.15, -0.1) is 10.2 Å². The maximum Gasteiger partial charge on any atom is 0.192 e. The van der Waals surface area contributed by atoms with Crippen LogP contribution in [-0.4, -0.2) is 40.0 Å². The second kappa shape index (κ2) is 11.7. The van der Waals surface area contributed by atoms with Crippen LogP contribution in [0.3, 0.4) is 0 Å². The highest BCUT2D eigenvalue weighted by Gasteiger charge is 2.13. The number of nitrogens with one attached hydrogen (secondary N) is 2. The molecule has 1 heterocycles. The Hall–Kier alpha value is -2.41. The Balaban J connectivity index is 1.56. The van der Waals surface area contributed by atoms with E-state index in [1.165, 1.54) is 44.1 Å². The van der Waals surface area contributed by atoms with Crippen molar-refractivity contribution in [2.24, 2.45) is 12.0 Å². The van der Waals surface area contributed by atoms with Crippen LogP contribution >= 0.6 is 0 Å². The van der Waals surface area contributed by atoms with Crippen molar-refractivity contribution >= 4 is 5.96 Å². The Kier molecular flexibility index (Phi) is 8.68. The summed E-state index contributed by atoms with van der Waals surface area (Å²) in [4.78, 5) is 4.75. The molecule has 0 amide bonds. The van der Waals surface area contributed by atoms with E-state index in [1.54, 1.807) is 0 Å². The van der Waals surface area contributed by atoms with E-state index in [-0.39, 0.29) is 6.04 Å². The van der Waals surface area contributed by atoms with E-state index in [4.69, 9.17) is 9.73 Å². The molecule has 2 aromatic rings. The lowest BCUT2D eigenvalue weighted by atomic mass is 10.1. The summed E-state index contributed by atoms with van der Waals surface area (Å²) in [6.07, 6.45) is 8.06. The van der Waals surface area contributed by atoms with Crippen LogP contribution < -0.4 is 10.6 Å². The van der Waals surface area contributed by atoms with Crippen LogP contribution in [0.2, 0.25) is 0 Å². The van der Waals surface area contributed by atoms with Gasteiger partial charge in [-0.2, -0.15) is 0 Å². The van der Waals surface area contributed by atoms with Crippen molar-refractivity contribution in [3.63, 3.8) is 0 Å². The summed E-state index contributed by atoms with van der Waals surface area (Å²) in [6, 6.07) is 10.5. The summed E-state index contributed by atoms with van der Waals surface area (Å²) in [5.41, 5.74) is 1.22. The fourth-order valence-corrected chi connectivity index (χ4v) is 3.72. The lowest BCUT2D eigenvalue weighted by molar-refractivity contribution is 0.0468. The molecule has 1 aliphatic carbocycles. The molecule has 0 radical (unpaired) electrons. The smallest absolute Gasteiger partial charge is 0.192 e. The van der Waals surface area contributed by atoms with Crippen molar-refractivity contribution in [1.29, 1.82) is 0 Å². The average molecular weight is 413 g/mol. The Morgan fingerprint density at radius 3 is 2.57 bits per heavy atom. The zero-order valence-corrected chi connectivity index (χ0v) is 18.6. The van der Waals surface area contributed by atoms with Gasteiger partial charge in [-0.05, 0) is 32.3 Å². The van der Waals surface area contributed by atoms with Crippen LogP contribution in [-0.2, 0) is 18.3 Å². The van der Waals surface area contributed by atoms with Gasteiger partial charge in [0.05, 0.1) is 18.8 Å². The second-order valence-corrected chi connectivity index (χ2v) is 8.08. The van der Waals surface area contributed by atoms with Gasteiger partial charge < -0.3 is 19.9 Å². The molecule has 164 valence electrons. The molecule has 2 N–H and O–H groups in total. The molecule has 3 rings (SSSR count). The van der Waals surface area contributed by atoms with Gasteiger partial charge in [0, 0.05) is 13.6 Å². The highest BCUT2D eigenvalue weighted by Crippen LogP contribution is 2.19. The first-order valence-corrected chi connectivity index (χ1v) is 11.2. The Morgan fingerprint density at radius 1 is 1.17 bits per heavy atom. The van der Waals surface area contributed by atoms with E-state index < -0.39 is 0 Å². The second-order valence-electron chi connectivity index (χ2n) is 8.08. The van der Waals surface area contributed by atoms with E-state index in [0.29, 0.717) is 19.3 Å². The molecule has 30 heavy (non-hydrogen) atoms. The van der Waals surface area contributed by atoms with E-state index in [2.05, 4.69) is 52.0 Å². The van der Waals surface area contributed by atoms with E-state index in [1.807, 2.05) is 24.6 Å². The molecule has 1 fully saturated rings. The molecule has 0 bridgehead atoms. The number of nitrogens with zero attached hydrogens (tertiary/aromatic N) is 4. The molecular weight excluding hydrogens is 376 g/mol. The molecule has 1 aromatic heterocycles. The number of guanidine groups is 1. The van der Waals surface area contributed by atoms with Crippen LogP contribution in [0.25, 0.3) is 0 Å². The van der Waals surface area contributed by atoms with Gasteiger partial charge in [-0.1, -0.05) is 56.0 Å². The van der Waals surface area contributed by atoms with Crippen LogP contribution in [0.1, 0.15) is 68.7 Å². The third kappa shape index (κ3) is 6.83. The summed E-state index contributed by atoms with van der Waals surface area (Å²) < 4.78 is 8.09. The maximum atomic E-state index is 6.12. The van der Waals surface area contributed by atoms with Crippen molar-refractivity contribution in [2.45, 2.75) is 71.1 Å². The minimum Gasteiger partial charge on any atom is -0.376 e. The van der Waals surface area contributed by atoms with Crippen LogP contribution in [0.15, 0.2) is 35.3 Å². The SMILES string of the molecule is Cc1nnc(CN=C(NCCOC2CCCCCC2)NC(C)c2ccccc2)n1C. The van der Waals surface area contributed by atoms with Crippen molar-refractivity contribution in [3.05, 3.63) is 47.5 Å². The fourth-order valence-electron chi connectivity index (χ4n) is 3.72. The molecule has 0 aliphatic heterocycles. The van der Waals surface area contributed by atoms with Crippen molar-refractivity contribution in [2.75, 3.05) is 13.2 Å². The first-order chi connectivity index (χ1) is 14.6. The van der Waals surface area contributed by atoms with Gasteiger partial charge in [0.2, 0.25) is 0 Å². The minimum atomic E-state index is 0.140. The first kappa shape index (κ1) is 22.3. The monoisotopic (exact) mass is 412 g/mol. The number of benzene rings is 1.